The Morgan fingerprint density at radius 3 is 2.36 bits per heavy atom. The van der Waals surface area contributed by atoms with Gasteiger partial charge in [-0.1, -0.05) is 59.6 Å². The SMILES string of the molecule is Cc1cc(OCCCc2c(C(=O)O)n(Cc3ccccc3)c3cc(Cl)ccc23)cc(C)c1Cl. The molecule has 4 rings (SSSR count). The monoisotopic (exact) mass is 481 g/mol. The molecule has 0 aliphatic heterocycles. The van der Waals surface area contributed by atoms with Crippen LogP contribution < -0.4 is 4.74 Å². The number of hydrogen-bond acceptors (Lipinski definition) is 2. The van der Waals surface area contributed by atoms with Crippen molar-refractivity contribution in [1.29, 1.82) is 0 Å². The van der Waals surface area contributed by atoms with E-state index in [1.165, 1.54) is 0 Å². The van der Waals surface area contributed by atoms with Gasteiger partial charge in [0.05, 0.1) is 12.1 Å². The number of halogens is 2. The first-order valence-electron chi connectivity index (χ1n) is 10.8. The van der Waals surface area contributed by atoms with Crippen LogP contribution in [0.5, 0.6) is 5.75 Å². The predicted molar refractivity (Wildman–Crippen MR) is 134 cm³/mol. The molecular formula is C27H25Cl2NO3. The zero-order valence-electron chi connectivity index (χ0n) is 18.6. The zero-order valence-corrected chi connectivity index (χ0v) is 20.1. The quantitative estimate of drug-likeness (QED) is 0.268. The van der Waals surface area contributed by atoms with Crippen LogP contribution in [0, 0.1) is 13.8 Å². The molecular weight excluding hydrogens is 457 g/mol. The Hall–Kier alpha value is -2.95. The summed E-state index contributed by atoms with van der Waals surface area (Å²) in [5.41, 5.74) is 4.90. The lowest BCUT2D eigenvalue weighted by molar-refractivity contribution is 0.0685. The van der Waals surface area contributed by atoms with Gasteiger partial charge in [-0.3, -0.25) is 0 Å². The first kappa shape index (κ1) is 23.2. The Balaban J connectivity index is 1.61. The van der Waals surface area contributed by atoms with Crippen molar-refractivity contribution in [3.63, 3.8) is 0 Å². The van der Waals surface area contributed by atoms with Gasteiger partial charge in [-0.25, -0.2) is 4.79 Å². The summed E-state index contributed by atoms with van der Waals surface area (Å²) in [4.78, 5) is 12.4. The van der Waals surface area contributed by atoms with E-state index >= 15 is 0 Å². The van der Waals surface area contributed by atoms with Gasteiger partial charge in [0.25, 0.3) is 0 Å². The lowest BCUT2D eigenvalue weighted by atomic mass is 10.1. The lowest BCUT2D eigenvalue weighted by Crippen LogP contribution is -2.12. The molecule has 0 amide bonds. The Morgan fingerprint density at radius 1 is 1.00 bits per heavy atom. The molecule has 0 unspecified atom stereocenters. The van der Waals surface area contributed by atoms with Gasteiger partial charge in [0.1, 0.15) is 11.4 Å². The van der Waals surface area contributed by atoms with Crippen LogP contribution in [-0.4, -0.2) is 22.2 Å². The topological polar surface area (TPSA) is 51.5 Å². The van der Waals surface area contributed by atoms with Crippen molar-refractivity contribution in [3.05, 3.63) is 98.7 Å². The molecule has 6 heteroatoms. The normalized spacial score (nSPS) is 11.2. The molecule has 170 valence electrons. The number of benzene rings is 3. The number of carboxylic acid groups (broad SMARTS) is 1. The van der Waals surface area contributed by atoms with Gasteiger partial charge in [0, 0.05) is 22.0 Å². The number of carboxylic acids is 1. The Morgan fingerprint density at radius 2 is 1.70 bits per heavy atom. The number of rotatable bonds is 8. The molecule has 4 nitrogen and oxygen atoms in total. The maximum absolute atomic E-state index is 12.4. The van der Waals surface area contributed by atoms with Crippen LogP contribution >= 0.6 is 23.2 Å². The summed E-state index contributed by atoms with van der Waals surface area (Å²) in [5.74, 6) is -0.177. The minimum atomic E-state index is -0.946. The van der Waals surface area contributed by atoms with Crippen molar-refractivity contribution < 1.29 is 14.6 Å². The third-order valence-corrected chi connectivity index (χ3v) is 6.60. The minimum Gasteiger partial charge on any atom is -0.494 e. The molecule has 0 aliphatic rings. The van der Waals surface area contributed by atoms with Crippen molar-refractivity contribution in [2.45, 2.75) is 33.2 Å². The van der Waals surface area contributed by atoms with Crippen molar-refractivity contribution >= 4 is 40.1 Å². The molecule has 0 saturated heterocycles. The van der Waals surface area contributed by atoms with Crippen LogP contribution in [0.4, 0.5) is 0 Å². The van der Waals surface area contributed by atoms with E-state index in [2.05, 4.69) is 0 Å². The molecule has 0 radical (unpaired) electrons. The first-order valence-corrected chi connectivity index (χ1v) is 11.6. The summed E-state index contributed by atoms with van der Waals surface area (Å²) in [6.45, 7) is 4.83. The van der Waals surface area contributed by atoms with Crippen LogP contribution in [-0.2, 0) is 13.0 Å². The van der Waals surface area contributed by atoms with Gasteiger partial charge in [-0.2, -0.15) is 0 Å². The number of aromatic nitrogens is 1. The van der Waals surface area contributed by atoms with Gasteiger partial charge >= 0.3 is 5.97 Å². The van der Waals surface area contributed by atoms with E-state index in [4.69, 9.17) is 27.9 Å². The average Bonchev–Trinajstić information content (AvgIpc) is 3.08. The lowest BCUT2D eigenvalue weighted by Gasteiger charge is -2.11. The van der Waals surface area contributed by atoms with Gasteiger partial charge in [0.15, 0.2) is 0 Å². The van der Waals surface area contributed by atoms with Crippen molar-refractivity contribution in [2.75, 3.05) is 6.61 Å². The fourth-order valence-electron chi connectivity index (χ4n) is 4.25. The number of carbonyl (C=O) groups is 1. The second-order valence-corrected chi connectivity index (χ2v) is 9.00. The summed E-state index contributed by atoms with van der Waals surface area (Å²) < 4.78 is 7.79. The summed E-state index contributed by atoms with van der Waals surface area (Å²) in [7, 11) is 0. The molecule has 1 aromatic heterocycles. The third-order valence-electron chi connectivity index (χ3n) is 5.77. The van der Waals surface area contributed by atoms with Crippen LogP contribution in [0.1, 0.15) is 39.2 Å². The highest BCUT2D eigenvalue weighted by molar-refractivity contribution is 6.32. The van der Waals surface area contributed by atoms with Gasteiger partial charge in [0.2, 0.25) is 0 Å². The van der Waals surface area contributed by atoms with Crippen molar-refractivity contribution in [3.8, 4) is 5.75 Å². The van der Waals surface area contributed by atoms with Crippen LogP contribution in [0.25, 0.3) is 10.9 Å². The van der Waals surface area contributed by atoms with E-state index < -0.39 is 5.97 Å². The van der Waals surface area contributed by atoms with Crippen molar-refractivity contribution in [1.82, 2.24) is 4.57 Å². The van der Waals surface area contributed by atoms with Crippen LogP contribution in [0.3, 0.4) is 0 Å². The number of ether oxygens (including phenoxy) is 1. The fourth-order valence-corrected chi connectivity index (χ4v) is 4.53. The number of hydrogen-bond donors (Lipinski definition) is 1. The standard InChI is InChI=1S/C27H25Cl2NO3/c1-17-13-21(14-18(2)25(17)29)33-12-6-9-23-22-11-10-20(28)15-24(22)30(26(23)27(31)32)16-19-7-4-3-5-8-19/h3-5,7-8,10-11,13-15H,6,9,12,16H2,1-2H3,(H,31,32). The van der Waals surface area contributed by atoms with Crippen LogP contribution in [0.2, 0.25) is 10.0 Å². The Kier molecular flexibility index (Phi) is 6.96. The minimum absolute atomic E-state index is 0.300. The molecule has 1 heterocycles. The second kappa shape index (κ2) is 9.90. The van der Waals surface area contributed by atoms with E-state index in [0.717, 1.165) is 43.9 Å². The van der Waals surface area contributed by atoms with E-state index in [1.54, 1.807) is 0 Å². The van der Waals surface area contributed by atoms with E-state index in [9.17, 15) is 9.90 Å². The summed E-state index contributed by atoms with van der Waals surface area (Å²) in [6.07, 6.45) is 1.25. The molecule has 0 bridgehead atoms. The molecule has 0 fully saturated rings. The van der Waals surface area contributed by atoms with Gasteiger partial charge in [-0.15, -0.1) is 0 Å². The smallest absolute Gasteiger partial charge is 0.352 e. The molecule has 4 aromatic rings. The highest BCUT2D eigenvalue weighted by atomic mass is 35.5. The summed E-state index contributed by atoms with van der Waals surface area (Å²) in [5, 5.41) is 12.4. The number of nitrogens with zero attached hydrogens (tertiary/aromatic N) is 1. The molecule has 0 aliphatic carbocycles. The number of aryl methyl sites for hydroxylation is 3. The van der Waals surface area contributed by atoms with E-state index in [1.807, 2.05) is 79.1 Å². The summed E-state index contributed by atoms with van der Waals surface area (Å²) in [6, 6.07) is 19.2. The highest BCUT2D eigenvalue weighted by Crippen LogP contribution is 2.31. The zero-order chi connectivity index (χ0) is 23.5. The van der Waals surface area contributed by atoms with E-state index in [0.29, 0.717) is 36.7 Å². The molecule has 1 N–H and O–H groups in total. The largest absolute Gasteiger partial charge is 0.494 e. The number of fused-ring (bicyclic) bond motifs is 1. The molecule has 0 saturated carbocycles. The Labute approximate surface area is 203 Å². The second-order valence-electron chi connectivity index (χ2n) is 8.19. The predicted octanol–water partition coefficient (Wildman–Crippen LogP) is 7.32. The maximum atomic E-state index is 12.4. The number of aromatic carboxylic acids is 1. The molecule has 33 heavy (non-hydrogen) atoms. The van der Waals surface area contributed by atoms with Gasteiger partial charge < -0.3 is 14.4 Å². The summed E-state index contributed by atoms with van der Waals surface area (Å²) >= 11 is 12.5. The van der Waals surface area contributed by atoms with Gasteiger partial charge in [-0.05, 0) is 73.2 Å². The molecule has 3 aromatic carbocycles. The van der Waals surface area contributed by atoms with Crippen molar-refractivity contribution in [2.24, 2.45) is 0 Å². The Bertz CT molecular complexity index is 1290. The molecule has 0 spiro atoms. The van der Waals surface area contributed by atoms with E-state index in [-0.39, 0.29) is 0 Å². The molecule has 0 atom stereocenters. The van der Waals surface area contributed by atoms with Crippen LogP contribution in [0.15, 0.2) is 60.7 Å². The first-order chi connectivity index (χ1) is 15.8. The third kappa shape index (κ3) is 5.02. The average molecular weight is 482 g/mol. The highest BCUT2D eigenvalue weighted by Gasteiger charge is 2.22. The maximum Gasteiger partial charge on any atom is 0.352 e. The fraction of sp³-hybridized carbons (Fsp3) is 0.222.